The third-order valence-electron chi connectivity index (χ3n) is 0.762. The van der Waals surface area contributed by atoms with Crippen LogP contribution in [-0.4, -0.2) is 4.98 Å². The van der Waals surface area contributed by atoms with E-state index in [1.54, 1.807) is 18.5 Å². The highest BCUT2D eigenvalue weighted by Crippen LogP contribution is 2.05. The second-order valence-electron chi connectivity index (χ2n) is 1.51. The maximum atomic E-state index is 5.54. The molecule has 1 nitrogen and oxygen atoms in total. The lowest BCUT2D eigenvalue weighted by Crippen LogP contribution is -1.73. The summed E-state index contributed by atoms with van der Waals surface area (Å²) < 4.78 is 0. The van der Waals surface area contributed by atoms with Gasteiger partial charge in [0.1, 0.15) is 0 Å². The van der Waals surface area contributed by atoms with Gasteiger partial charge in [0, 0.05) is 12.4 Å². The summed E-state index contributed by atoms with van der Waals surface area (Å²) in [4.78, 5) is 3.79. The van der Waals surface area contributed by atoms with Gasteiger partial charge in [0.15, 0.2) is 0 Å². The Kier molecular flexibility index (Phi) is 1.49. The molecule has 1 heterocycles. The highest BCUT2D eigenvalue weighted by atomic mass is 35.5. The summed E-state index contributed by atoms with van der Waals surface area (Å²) in [6.45, 7) is 3.63. The van der Waals surface area contributed by atoms with Gasteiger partial charge in [-0.15, -0.1) is 0 Å². The number of nitrogens with zero attached hydrogens (tertiary/aromatic N) is 1. The summed E-state index contributed by atoms with van der Waals surface area (Å²) in [5.74, 6) is 0. The summed E-state index contributed by atoms with van der Waals surface area (Å²) in [5.41, 5.74) is 0.845. The van der Waals surface area contributed by atoms with Crippen molar-refractivity contribution in [2.24, 2.45) is 0 Å². The van der Waals surface area contributed by atoms with Gasteiger partial charge >= 0.3 is 0 Å². The van der Waals surface area contributed by atoms with Crippen LogP contribution >= 0.6 is 11.6 Å². The Labute approximate surface area is 53.3 Å². The van der Waals surface area contributed by atoms with E-state index in [1.807, 2.05) is 0 Å². The fraction of sp³-hybridized carbons (Fsp3) is 0. The first-order chi connectivity index (χ1) is 3.79. The zero-order valence-corrected chi connectivity index (χ0v) is 5.02. The molecule has 8 heavy (non-hydrogen) atoms. The molecule has 0 saturated carbocycles. The Hall–Kier alpha value is -0.560. The van der Waals surface area contributed by atoms with Crippen LogP contribution < -0.4 is 0 Å². The van der Waals surface area contributed by atoms with Crippen LogP contribution in [0, 0.1) is 6.92 Å². The van der Waals surface area contributed by atoms with Crippen molar-refractivity contribution in [2.75, 3.05) is 0 Å². The maximum Gasteiger partial charge on any atom is 0.0592 e. The van der Waals surface area contributed by atoms with Crippen molar-refractivity contribution in [3.8, 4) is 0 Å². The smallest absolute Gasteiger partial charge is 0.0592 e. The van der Waals surface area contributed by atoms with E-state index in [1.165, 1.54) is 0 Å². The van der Waals surface area contributed by atoms with Gasteiger partial charge in [-0.2, -0.15) is 0 Å². The molecule has 2 heteroatoms. The lowest BCUT2D eigenvalue weighted by atomic mass is 10.3. The Morgan fingerprint density at radius 1 is 1.50 bits per heavy atom. The number of hydrogen-bond donors (Lipinski definition) is 0. The van der Waals surface area contributed by atoms with Crippen molar-refractivity contribution < 1.29 is 0 Å². The van der Waals surface area contributed by atoms with Crippen LogP contribution in [0.3, 0.4) is 0 Å². The Morgan fingerprint density at radius 3 is 2.62 bits per heavy atom. The number of hydrogen-bond acceptors (Lipinski definition) is 1. The van der Waals surface area contributed by atoms with Crippen molar-refractivity contribution in [2.45, 2.75) is 0 Å². The lowest BCUT2D eigenvalue weighted by Gasteiger charge is -1.87. The summed E-state index contributed by atoms with van der Waals surface area (Å²) in [7, 11) is 0. The molecule has 1 radical (unpaired) electrons. The summed E-state index contributed by atoms with van der Waals surface area (Å²) >= 11 is 5.54. The first-order valence-electron chi connectivity index (χ1n) is 2.21. The first-order valence-corrected chi connectivity index (χ1v) is 2.59. The second-order valence-corrected chi connectivity index (χ2v) is 1.95. The predicted octanol–water partition coefficient (Wildman–Crippen LogP) is 1.92. The number of halogens is 1. The molecule has 0 amide bonds. The largest absolute Gasteiger partial charge is 0.263 e. The lowest BCUT2D eigenvalue weighted by molar-refractivity contribution is 1.31. The van der Waals surface area contributed by atoms with Crippen molar-refractivity contribution >= 4 is 11.6 Å². The van der Waals surface area contributed by atoms with Gasteiger partial charge in [-0.1, -0.05) is 11.6 Å². The molecule has 1 aromatic rings. The normalized spacial score (nSPS) is 9.25. The van der Waals surface area contributed by atoms with Crippen LogP contribution in [0.4, 0.5) is 0 Å². The zero-order chi connectivity index (χ0) is 5.98. The topological polar surface area (TPSA) is 12.9 Å². The van der Waals surface area contributed by atoms with Crippen molar-refractivity contribution in [3.63, 3.8) is 0 Å². The Morgan fingerprint density at radius 2 is 2.25 bits per heavy atom. The molecule has 0 aliphatic heterocycles. The quantitative estimate of drug-likeness (QED) is 0.518. The van der Waals surface area contributed by atoms with E-state index in [4.69, 9.17) is 11.6 Å². The monoisotopic (exact) mass is 126 g/mol. The van der Waals surface area contributed by atoms with E-state index in [0.717, 1.165) is 5.56 Å². The van der Waals surface area contributed by atoms with E-state index in [2.05, 4.69) is 11.9 Å². The van der Waals surface area contributed by atoms with E-state index in [0.29, 0.717) is 5.02 Å². The summed E-state index contributed by atoms with van der Waals surface area (Å²) in [6.07, 6.45) is 3.24. The third-order valence-corrected chi connectivity index (χ3v) is 0.968. The van der Waals surface area contributed by atoms with Gasteiger partial charge in [0.05, 0.1) is 5.02 Å². The van der Waals surface area contributed by atoms with E-state index in [9.17, 15) is 0 Å². The fourth-order valence-corrected chi connectivity index (χ4v) is 0.652. The highest BCUT2D eigenvalue weighted by Gasteiger charge is 1.84. The molecule has 1 rings (SSSR count). The van der Waals surface area contributed by atoms with Gasteiger partial charge in [-0.05, 0) is 18.6 Å². The van der Waals surface area contributed by atoms with E-state index in [-0.39, 0.29) is 0 Å². The highest BCUT2D eigenvalue weighted by molar-refractivity contribution is 6.30. The molecule has 1 aromatic heterocycles. The van der Waals surface area contributed by atoms with Crippen molar-refractivity contribution in [3.05, 3.63) is 36.0 Å². The molecule has 0 aliphatic rings. The molecule has 0 fully saturated rings. The molecular formula is C6H5ClN. The second kappa shape index (κ2) is 2.14. The maximum absolute atomic E-state index is 5.54. The number of rotatable bonds is 0. The summed E-state index contributed by atoms with van der Waals surface area (Å²) in [5, 5.41) is 0.637. The molecule has 0 aromatic carbocycles. The fourth-order valence-electron chi connectivity index (χ4n) is 0.456. The SMILES string of the molecule is [CH2]c1cncc(Cl)c1. The van der Waals surface area contributed by atoms with Crippen LogP contribution in [0.15, 0.2) is 18.5 Å². The molecule has 0 N–H and O–H groups in total. The summed E-state index contributed by atoms with van der Waals surface area (Å²) in [6, 6.07) is 1.76. The average molecular weight is 127 g/mol. The molecule has 0 aliphatic carbocycles. The van der Waals surface area contributed by atoms with Gasteiger partial charge in [0.2, 0.25) is 0 Å². The zero-order valence-electron chi connectivity index (χ0n) is 4.26. The molecule has 0 spiro atoms. The third kappa shape index (κ3) is 1.20. The first kappa shape index (κ1) is 5.57. The van der Waals surface area contributed by atoms with Gasteiger partial charge in [-0.25, -0.2) is 0 Å². The Bertz CT molecular complexity index is 168. The minimum absolute atomic E-state index is 0.637. The molecule has 0 bridgehead atoms. The number of aromatic nitrogens is 1. The molecule has 0 saturated heterocycles. The van der Waals surface area contributed by atoms with Gasteiger partial charge in [-0.3, -0.25) is 4.98 Å². The van der Waals surface area contributed by atoms with Crippen LogP contribution in [0.2, 0.25) is 5.02 Å². The standard InChI is InChI=1S/C6H5ClN/c1-5-2-6(7)4-8-3-5/h2-4H,1H2. The van der Waals surface area contributed by atoms with E-state index < -0.39 is 0 Å². The minimum Gasteiger partial charge on any atom is -0.263 e. The molecule has 0 atom stereocenters. The van der Waals surface area contributed by atoms with Crippen LogP contribution in [0.1, 0.15) is 5.56 Å². The van der Waals surface area contributed by atoms with Crippen LogP contribution in [0.25, 0.3) is 0 Å². The number of pyridine rings is 1. The molecule has 0 unspecified atom stereocenters. The molecular weight excluding hydrogens is 122 g/mol. The Balaban J connectivity index is 3.08. The van der Waals surface area contributed by atoms with Gasteiger partial charge < -0.3 is 0 Å². The van der Waals surface area contributed by atoms with Crippen LogP contribution in [0.5, 0.6) is 0 Å². The molecule has 41 valence electrons. The van der Waals surface area contributed by atoms with Gasteiger partial charge in [0.25, 0.3) is 0 Å². The van der Waals surface area contributed by atoms with Crippen LogP contribution in [-0.2, 0) is 0 Å². The van der Waals surface area contributed by atoms with Crippen molar-refractivity contribution in [1.82, 2.24) is 4.98 Å². The van der Waals surface area contributed by atoms with Crippen molar-refractivity contribution in [1.29, 1.82) is 0 Å². The average Bonchev–Trinajstić information content (AvgIpc) is 1.64. The van der Waals surface area contributed by atoms with E-state index >= 15 is 0 Å². The minimum atomic E-state index is 0.637. The predicted molar refractivity (Wildman–Crippen MR) is 33.7 cm³/mol.